The summed E-state index contributed by atoms with van der Waals surface area (Å²) in [5, 5.41) is 25.4. The van der Waals surface area contributed by atoms with Crippen LogP contribution in [0.5, 0.6) is 0 Å². The molecule has 2 aliphatic carbocycles. The number of nitrogens with zero attached hydrogens (tertiary/aromatic N) is 4. The molecule has 4 aromatic rings. The van der Waals surface area contributed by atoms with Crippen molar-refractivity contribution in [2.45, 2.75) is 31.6 Å². The maximum atomic E-state index is 12.2. The summed E-state index contributed by atoms with van der Waals surface area (Å²) >= 11 is 0. The van der Waals surface area contributed by atoms with Crippen LogP contribution in [0.15, 0.2) is 41.1 Å². The van der Waals surface area contributed by atoms with E-state index >= 15 is 0 Å². The molecule has 0 spiro atoms. The Labute approximate surface area is 188 Å². The summed E-state index contributed by atoms with van der Waals surface area (Å²) in [6, 6.07) is 9.00. The molecule has 1 aromatic carbocycles. The SMILES string of the molecule is CNc1nc(C#Cc2cc3ccccc3o2)nc2c1ncn2[C@@H]1C2C[C@]2(C(C)=O)C(O)[C@H]1O. The Morgan fingerprint density at radius 2 is 2.09 bits per heavy atom. The normalized spacial score (nSPS) is 27.9. The molecule has 2 unspecified atom stereocenters. The number of hydrogen-bond donors (Lipinski definition) is 3. The largest absolute Gasteiger partial charge is 0.448 e. The summed E-state index contributed by atoms with van der Waals surface area (Å²) in [4.78, 5) is 25.7. The molecule has 0 bridgehead atoms. The van der Waals surface area contributed by atoms with Crippen LogP contribution in [-0.2, 0) is 4.79 Å². The lowest BCUT2D eigenvalue weighted by Crippen LogP contribution is -2.36. The van der Waals surface area contributed by atoms with Gasteiger partial charge in [0.15, 0.2) is 22.7 Å². The second-order valence-corrected chi connectivity index (χ2v) is 8.70. The van der Waals surface area contributed by atoms with Gasteiger partial charge in [-0.1, -0.05) is 18.2 Å². The molecule has 0 amide bonds. The van der Waals surface area contributed by atoms with Crippen LogP contribution in [0, 0.1) is 23.2 Å². The molecule has 5 atom stereocenters. The molecular weight excluding hydrogens is 422 g/mol. The lowest BCUT2D eigenvalue weighted by Gasteiger charge is -2.23. The summed E-state index contributed by atoms with van der Waals surface area (Å²) in [6.45, 7) is 1.47. The van der Waals surface area contributed by atoms with Gasteiger partial charge in [0, 0.05) is 18.5 Å². The van der Waals surface area contributed by atoms with E-state index in [0.29, 0.717) is 29.2 Å². The Kier molecular flexibility index (Phi) is 4.15. The number of ketones is 1. The predicted molar refractivity (Wildman–Crippen MR) is 119 cm³/mol. The first-order chi connectivity index (χ1) is 15.9. The average Bonchev–Trinajstić information content (AvgIpc) is 3.09. The zero-order valence-corrected chi connectivity index (χ0v) is 18.0. The minimum Gasteiger partial charge on any atom is -0.448 e. The third kappa shape index (κ3) is 2.74. The molecule has 33 heavy (non-hydrogen) atoms. The average molecular weight is 443 g/mol. The van der Waals surface area contributed by atoms with Crippen molar-refractivity contribution < 1.29 is 19.4 Å². The topological polar surface area (TPSA) is 126 Å². The molecule has 0 saturated heterocycles. The summed E-state index contributed by atoms with van der Waals surface area (Å²) < 4.78 is 7.48. The fourth-order valence-electron chi connectivity index (χ4n) is 5.30. The van der Waals surface area contributed by atoms with Crippen molar-refractivity contribution in [3.05, 3.63) is 48.2 Å². The minimum absolute atomic E-state index is 0.103. The monoisotopic (exact) mass is 443 g/mol. The van der Waals surface area contributed by atoms with Gasteiger partial charge in [-0.15, -0.1) is 0 Å². The number of imidazole rings is 1. The van der Waals surface area contributed by atoms with Crippen molar-refractivity contribution >= 4 is 33.7 Å². The molecule has 9 nitrogen and oxygen atoms in total. The van der Waals surface area contributed by atoms with E-state index in [1.165, 1.54) is 6.92 Å². The predicted octanol–water partition coefficient (Wildman–Crippen LogP) is 1.89. The molecule has 0 radical (unpaired) electrons. The highest BCUT2D eigenvalue weighted by atomic mass is 16.3. The third-order valence-corrected chi connectivity index (χ3v) is 7.03. The summed E-state index contributed by atoms with van der Waals surface area (Å²) in [5.41, 5.74) is 0.864. The van der Waals surface area contributed by atoms with Gasteiger partial charge >= 0.3 is 0 Å². The highest BCUT2D eigenvalue weighted by Crippen LogP contribution is 2.68. The van der Waals surface area contributed by atoms with Gasteiger partial charge in [0.25, 0.3) is 0 Å². The van der Waals surface area contributed by atoms with Gasteiger partial charge < -0.3 is 24.5 Å². The van der Waals surface area contributed by atoms with E-state index in [9.17, 15) is 15.0 Å². The van der Waals surface area contributed by atoms with Crippen LogP contribution in [0.3, 0.4) is 0 Å². The van der Waals surface area contributed by atoms with Gasteiger partial charge in [0.1, 0.15) is 17.5 Å². The number of fused-ring (bicyclic) bond motifs is 3. The molecular formula is C24H21N5O4. The van der Waals surface area contributed by atoms with E-state index in [1.807, 2.05) is 30.3 Å². The van der Waals surface area contributed by atoms with Crippen molar-refractivity contribution in [1.82, 2.24) is 19.5 Å². The maximum absolute atomic E-state index is 12.2. The highest BCUT2D eigenvalue weighted by Gasteiger charge is 2.74. The fourth-order valence-corrected chi connectivity index (χ4v) is 5.30. The Hall–Kier alpha value is -3.74. The van der Waals surface area contributed by atoms with Gasteiger partial charge in [-0.25, -0.2) is 15.0 Å². The first kappa shape index (κ1) is 19.9. The summed E-state index contributed by atoms with van der Waals surface area (Å²) in [5.74, 6) is 6.90. The number of benzene rings is 1. The highest BCUT2D eigenvalue weighted by molar-refractivity contribution is 5.88. The quantitative estimate of drug-likeness (QED) is 0.410. The number of Topliss-reactive ketones (excluding diaryl/α,β-unsaturated/α-hetero) is 1. The zero-order valence-electron chi connectivity index (χ0n) is 18.0. The van der Waals surface area contributed by atoms with Gasteiger partial charge in [-0.3, -0.25) is 4.79 Å². The van der Waals surface area contributed by atoms with Gasteiger partial charge in [-0.2, -0.15) is 0 Å². The zero-order chi connectivity index (χ0) is 22.9. The minimum atomic E-state index is -1.11. The van der Waals surface area contributed by atoms with Crippen molar-refractivity contribution in [2.75, 3.05) is 12.4 Å². The number of carbonyl (C=O) groups is 1. The number of aliphatic hydroxyl groups is 2. The number of aliphatic hydroxyl groups excluding tert-OH is 2. The van der Waals surface area contributed by atoms with Crippen molar-refractivity contribution in [3.63, 3.8) is 0 Å². The molecule has 166 valence electrons. The van der Waals surface area contributed by atoms with Crippen molar-refractivity contribution in [2.24, 2.45) is 11.3 Å². The van der Waals surface area contributed by atoms with E-state index in [4.69, 9.17) is 4.42 Å². The van der Waals surface area contributed by atoms with Gasteiger partial charge in [-0.05, 0) is 37.2 Å². The number of nitrogens with one attached hydrogen (secondary N) is 1. The van der Waals surface area contributed by atoms with E-state index in [1.54, 1.807) is 17.9 Å². The number of hydrogen-bond acceptors (Lipinski definition) is 8. The molecule has 3 heterocycles. The maximum Gasteiger partial charge on any atom is 0.209 e. The first-order valence-corrected chi connectivity index (χ1v) is 10.7. The molecule has 6 rings (SSSR count). The lowest BCUT2D eigenvalue weighted by molar-refractivity contribution is -0.128. The molecule has 2 fully saturated rings. The molecule has 9 heteroatoms. The van der Waals surface area contributed by atoms with Gasteiger partial charge in [0.2, 0.25) is 5.82 Å². The lowest BCUT2D eigenvalue weighted by atomic mass is 9.95. The van der Waals surface area contributed by atoms with Crippen LogP contribution in [0.4, 0.5) is 5.82 Å². The van der Waals surface area contributed by atoms with Crippen molar-refractivity contribution in [3.8, 4) is 11.8 Å². The molecule has 2 aliphatic rings. The number of anilines is 1. The Bertz CT molecular complexity index is 1460. The van der Waals surface area contributed by atoms with E-state index < -0.39 is 23.7 Å². The summed E-state index contributed by atoms with van der Waals surface area (Å²) in [6.07, 6.45) is -0.0946. The first-order valence-electron chi connectivity index (χ1n) is 10.7. The van der Waals surface area contributed by atoms with E-state index in [0.717, 1.165) is 11.0 Å². The Balaban J connectivity index is 1.43. The van der Waals surface area contributed by atoms with Crippen molar-refractivity contribution in [1.29, 1.82) is 0 Å². The molecule has 3 aromatic heterocycles. The van der Waals surface area contributed by atoms with Crippen LogP contribution < -0.4 is 5.32 Å². The Morgan fingerprint density at radius 3 is 2.82 bits per heavy atom. The molecule has 0 aliphatic heterocycles. The number of para-hydroxylation sites is 1. The van der Waals surface area contributed by atoms with Crippen LogP contribution in [0.2, 0.25) is 0 Å². The number of furan rings is 1. The Morgan fingerprint density at radius 1 is 1.27 bits per heavy atom. The molecule has 3 N–H and O–H groups in total. The number of carbonyl (C=O) groups excluding carboxylic acids is 1. The number of aromatic nitrogens is 4. The standard InChI is InChI=1S/C24H21N5O4/c1-12(30)24-10-15(24)19(20(31)21(24)32)29-11-26-18-22(25-2)27-17(28-23(18)29)8-7-14-9-13-5-3-4-6-16(13)33-14/h3-6,9,11,15,19-21,31-32H,10H2,1-2H3,(H,25,27,28)/t15?,19-,20+,21?,24-/m1/s1. The molecule has 2 saturated carbocycles. The van der Waals surface area contributed by atoms with Crippen LogP contribution in [0.1, 0.15) is 31.0 Å². The van der Waals surface area contributed by atoms with Gasteiger partial charge in [0.05, 0.1) is 23.9 Å². The van der Waals surface area contributed by atoms with Crippen LogP contribution in [0.25, 0.3) is 22.1 Å². The summed E-state index contributed by atoms with van der Waals surface area (Å²) in [7, 11) is 1.73. The van der Waals surface area contributed by atoms with E-state index in [2.05, 4.69) is 32.1 Å². The smallest absolute Gasteiger partial charge is 0.209 e. The van der Waals surface area contributed by atoms with E-state index in [-0.39, 0.29) is 17.5 Å². The fraction of sp³-hybridized carbons (Fsp3) is 0.333. The van der Waals surface area contributed by atoms with Crippen LogP contribution in [-0.4, -0.2) is 54.8 Å². The second-order valence-electron chi connectivity index (χ2n) is 8.70. The van der Waals surface area contributed by atoms with Crippen LogP contribution >= 0.6 is 0 Å². The second kappa shape index (κ2) is 6.88. The third-order valence-electron chi connectivity index (χ3n) is 7.03. The number of rotatable bonds is 3.